The van der Waals surface area contributed by atoms with Gasteiger partial charge in [-0.3, -0.25) is 9.93 Å². The van der Waals surface area contributed by atoms with E-state index < -0.39 is 5.97 Å². The second-order valence-electron chi connectivity index (χ2n) is 15.1. The zero-order chi connectivity index (χ0) is 34.9. The SMILES string of the molecule is C=C(c1ccccc1OCc1ccc(C(C)(C)C)cc1)C12CCC(NSN)C1CC(CCCCCCCCCC(=O)O)=C2c1ccccc1. The van der Waals surface area contributed by atoms with Crippen molar-refractivity contribution < 1.29 is 14.6 Å². The molecule has 5 nitrogen and oxygen atoms in total. The zero-order valence-electron chi connectivity index (χ0n) is 29.8. The largest absolute Gasteiger partial charge is 0.488 e. The van der Waals surface area contributed by atoms with Crippen molar-refractivity contribution in [2.45, 2.75) is 116 Å². The molecule has 3 atom stereocenters. The van der Waals surface area contributed by atoms with E-state index in [9.17, 15) is 4.79 Å². The van der Waals surface area contributed by atoms with Crippen LogP contribution < -0.4 is 14.6 Å². The van der Waals surface area contributed by atoms with Gasteiger partial charge in [-0.15, -0.1) is 0 Å². The summed E-state index contributed by atoms with van der Waals surface area (Å²) < 4.78 is 10.2. The molecule has 6 heteroatoms. The van der Waals surface area contributed by atoms with Gasteiger partial charge in [0, 0.05) is 35.6 Å². The van der Waals surface area contributed by atoms with Gasteiger partial charge < -0.3 is 9.84 Å². The maximum atomic E-state index is 10.8. The Morgan fingerprint density at radius 2 is 1.59 bits per heavy atom. The van der Waals surface area contributed by atoms with Crippen LogP contribution in [0.3, 0.4) is 0 Å². The lowest BCUT2D eigenvalue weighted by molar-refractivity contribution is -0.137. The molecule has 0 aliphatic heterocycles. The standard InChI is InChI=1S/C43H56N2O3S/c1-31(36-20-15-16-21-39(36)48-30-32-23-25-35(26-24-32)42(2,3)4)43-28-27-38(45-49-44)37(43)29-34(41(43)33-17-12-10-13-18-33)19-11-8-6-5-7-9-14-22-40(46)47/h10,12-13,15-18,20-21,23-26,37-38,45H,1,5-9,11,14,19,22,27-30,44H2,2-4H3,(H,46,47). The molecular formula is C43H56N2O3S. The van der Waals surface area contributed by atoms with E-state index in [-0.39, 0.29) is 17.3 Å². The summed E-state index contributed by atoms with van der Waals surface area (Å²) in [5, 5.41) is 14.9. The normalized spacial score (nSPS) is 20.4. The number of fused-ring (bicyclic) bond motifs is 1. The van der Waals surface area contributed by atoms with Crippen molar-refractivity contribution in [3.8, 4) is 5.75 Å². The zero-order valence-corrected chi connectivity index (χ0v) is 30.6. The monoisotopic (exact) mass is 680 g/mol. The molecule has 3 aromatic carbocycles. The van der Waals surface area contributed by atoms with Crippen molar-refractivity contribution in [2.75, 3.05) is 0 Å². The van der Waals surface area contributed by atoms with Gasteiger partial charge in [0.1, 0.15) is 12.4 Å². The Bertz CT molecular complexity index is 1580. The lowest BCUT2D eigenvalue weighted by Gasteiger charge is -2.38. The highest BCUT2D eigenvalue weighted by molar-refractivity contribution is 7.95. The Labute approximate surface area is 299 Å². The summed E-state index contributed by atoms with van der Waals surface area (Å²) in [5.41, 5.74) is 8.95. The molecule has 0 bridgehead atoms. The van der Waals surface area contributed by atoms with Crippen LogP contribution >= 0.6 is 12.1 Å². The van der Waals surface area contributed by atoms with Gasteiger partial charge in [-0.05, 0) is 83.8 Å². The summed E-state index contributed by atoms with van der Waals surface area (Å²) in [6.45, 7) is 12.2. The van der Waals surface area contributed by atoms with E-state index in [4.69, 9.17) is 21.6 Å². The maximum absolute atomic E-state index is 10.8. The van der Waals surface area contributed by atoms with Crippen LogP contribution in [0.15, 0.2) is 91.0 Å². The van der Waals surface area contributed by atoms with E-state index in [1.165, 1.54) is 48.1 Å². The number of carbonyl (C=O) groups is 1. The van der Waals surface area contributed by atoms with Crippen LogP contribution in [0.1, 0.15) is 120 Å². The second kappa shape index (κ2) is 17.1. The predicted octanol–water partition coefficient (Wildman–Crippen LogP) is 10.9. The highest BCUT2D eigenvalue weighted by atomic mass is 32.2. The molecule has 3 aromatic rings. The van der Waals surface area contributed by atoms with Crippen molar-refractivity contribution in [2.24, 2.45) is 16.5 Å². The molecule has 0 amide bonds. The summed E-state index contributed by atoms with van der Waals surface area (Å²) >= 11 is 1.24. The summed E-state index contributed by atoms with van der Waals surface area (Å²) in [6, 6.07) is 28.6. The molecule has 49 heavy (non-hydrogen) atoms. The molecule has 1 saturated carbocycles. The third-order valence-electron chi connectivity index (χ3n) is 10.9. The minimum Gasteiger partial charge on any atom is -0.488 e. The first-order valence-corrected chi connectivity index (χ1v) is 19.1. The number of carboxylic acid groups (broad SMARTS) is 1. The number of rotatable bonds is 18. The van der Waals surface area contributed by atoms with Crippen LogP contribution in [0.5, 0.6) is 5.75 Å². The average molecular weight is 681 g/mol. The highest BCUT2D eigenvalue weighted by Gasteiger charge is 2.57. The summed E-state index contributed by atoms with van der Waals surface area (Å²) in [7, 11) is 0. The Balaban J connectivity index is 1.39. The fraction of sp³-hybridized carbons (Fsp3) is 0.465. The van der Waals surface area contributed by atoms with E-state index in [1.807, 2.05) is 0 Å². The van der Waals surface area contributed by atoms with Gasteiger partial charge in [-0.1, -0.05) is 138 Å². The van der Waals surface area contributed by atoms with Crippen molar-refractivity contribution >= 4 is 29.2 Å². The number of nitrogens with two attached hydrogens (primary N) is 1. The quantitative estimate of drug-likeness (QED) is 0.0916. The van der Waals surface area contributed by atoms with Crippen molar-refractivity contribution in [3.05, 3.63) is 113 Å². The molecule has 2 aliphatic rings. The fourth-order valence-corrected chi connectivity index (χ4v) is 8.77. The Morgan fingerprint density at radius 3 is 2.27 bits per heavy atom. The fourth-order valence-electron chi connectivity index (χ4n) is 8.31. The van der Waals surface area contributed by atoms with Gasteiger partial charge >= 0.3 is 5.97 Å². The van der Waals surface area contributed by atoms with Gasteiger partial charge in [0.25, 0.3) is 0 Å². The van der Waals surface area contributed by atoms with E-state index in [0.29, 0.717) is 18.6 Å². The van der Waals surface area contributed by atoms with Gasteiger partial charge in [0.15, 0.2) is 0 Å². The molecule has 1 fully saturated rings. The predicted molar refractivity (Wildman–Crippen MR) is 206 cm³/mol. The Morgan fingerprint density at radius 1 is 0.939 bits per heavy atom. The van der Waals surface area contributed by atoms with Crippen LogP contribution in [-0.4, -0.2) is 17.1 Å². The molecule has 5 rings (SSSR count). The van der Waals surface area contributed by atoms with Gasteiger partial charge in [-0.2, -0.15) is 0 Å². The number of carboxylic acids is 1. The number of unbranched alkanes of at least 4 members (excludes halogenated alkanes) is 6. The number of benzene rings is 3. The lowest BCUT2D eigenvalue weighted by atomic mass is 9.66. The number of hydrogen-bond donors (Lipinski definition) is 3. The molecule has 0 radical (unpaired) electrons. The topological polar surface area (TPSA) is 84.6 Å². The van der Waals surface area contributed by atoms with Crippen molar-refractivity contribution in [1.29, 1.82) is 0 Å². The van der Waals surface area contributed by atoms with Crippen molar-refractivity contribution in [1.82, 2.24) is 4.72 Å². The Hall–Kier alpha value is -3.32. The molecule has 0 aromatic heterocycles. The maximum Gasteiger partial charge on any atom is 0.303 e. The molecule has 0 spiro atoms. The van der Waals surface area contributed by atoms with Gasteiger partial charge in [-0.25, -0.2) is 4.72 Å². The van der Waals surface area contributed by atoms with E-state index in [0.717, 1.165) is 73.8 Å². The van der Waals surface area contributed by atoms with Gasteiger partial charge in [0.05, 0.1) is 0 Å². The molecule has 4 N–H and O–H groups in total. The number of hydrogen-bond acceptors (Lipinski definition) is 5. The first-order valence-electron chi connectivity index (χ1n) is 18.3. The lowest BCUT2D eigenvalue weighted by Crippen LogP contribution is -2.35. The number of aliphatic carboxylic acids is 1. The second-order valence-corrected chi connectivity index (χ2v) is 15.6. The Kier molecular flexibility index (Phi) is 12.9. The first-order chi connectivity index (χ1) is 23.6. The summed E-state index contributed by atoms with van der Waals surface area (Å²) in [5.74, 6) is 0.549. The minimum absolute atomic E-state index is 0.116. The highest BCUT2D eigenvalue weighted by Crippen LogP contribution is 2.66. The molecule has 3 unspecified atom stereocenters. The first kappa shape index (κ1) is 36.9. The number of para-hydroxylation sites is 1. The molecular weight excluding hydrogens is 625 g/mol. The van der Waals surface area contributed by atoms with Crippen LogP contribution in [0.4, 0.5) is 0 Å². The van der Waals surface area contributed by atoms with E-state index >= 15 is 0 Å². The van der Waals surface area contributed by atoms with Crippen molar-refractivity contribution in [3.63, 3.8) is 0 Å². The third-order valence-corrected chi connectivity index (χ3v) is 11.3. The van der Waals surface area contributed by atoms with Crippen LogP contribution in [0, 0.1) is 11.3 Å². The average Bonchev–Trinajstić information content (AvgIpc) is 3.61. The van der Waals surface area contributed by atoms with Gasteiger partial charge in [0.2, 0.25) is 0 Å². The smallest absolute Gasteiger partial charge is 0.303 e. The number of allylic oxidation sites excluding steroid dienone is 3. The summed E-state index contributed by atoms with van der Waals surface area (Å²) in [4.78, 5) is 10.8. The van der Waals surface area contributed by atoms with Crippen LogP contribution in [0.25, 0.3) is 11.1 Å². The van der Waals surface area contributed by atoms with E-state index in [1.54, 1.807) is 5.57 Å². The van der Waals surface area contributed by atoms with E-state index in [2.05, 4.69) is 104 Å². The summed E-state index contributed by atoms with van der Waals surface area (Å²) in [6.07, 6.45) is 12.1. The van der Waals surface area contributed by atoms with Crippen LogP contribution in [0.2, 0.25) is 0 Å². The number of nitrogens with one attached hydrogen (secondary N) is 1. The third kappa shape index (κ3) is 8.89. The minimum atomic E-state index is -0.690. The number of ether oxygens (including phenoxy) is 1. The molecule has 2 aliphatic carbocycles. The molecule has 0 saturated heterocycles. The molecule has 262 valence electrons. The molecule has 0 heterocycles. The van der Waals surface area contributed by atoms with Crippen LogP contribution in [-0.2, 0) is 16.8 Å².